The summed E-state index contributed by atoms with van der Waals surface area (Å²) in [7, 11) is 2.17. The van der Waals surface area contributed by atoms with E-state index in [-0.39, 0.29) is 5.91 Å². The molecule has 0 radical (unpaired) electrons. The molecule has 0 spiro atoms. The van der Waals surface area contributed by atoms with Crippen molar-refractivity contribution in [1.82, 2.24) is 19.0 Å². The third-order valence-electron chi connectivity index (χ3n) is 5.07. The van der Waals surface area contributed by atoms with Crippen LogP contribution >= 0.6 is 0 Å². The van der Waals surface area contributed by atoms with Gasteiger partial charge in [0, 0.05) is 68.4 Å². The zero-order chi connectivity index (χ0) is 16.0. The first-order valence-electron chi connectivity index (χ1n) is 8.29. The van der Waals surface area contributed by atoms with E-state index in [1.807, 2.05) is 12.4 Å². The lowest BCUT2D eigenvalue weighted by Gasteiger charge is -2.26. The Bertz CT molecular complexity index is 786. The number of fused-ring (bicyclic) bond motifs is 2. The Labute approximate surface area is 136 Å². The molecule has 4 rings (SSSR count). The minimum atomic E-state index is 0.0820. The zero-order valence-electron chi connectivity index (χ0n) is 13.7. The van der Waals surface area contributed by atoms with Crippen molar-refractivity contribution in [2.24, 2.45) is 0 Å². The van der Waals surface area contributed by atoms with E-state index in [1.54, 1.807) is 11.5 Å². The van der Waals surface area contributed by atoms with Crippen molar-refractivity contribution in [3.05, 3.63) is 47.3 Å². The van der Waals surface area contributed by atoms with Crippen molar-refractivity contribution in [3.63, 3.8) is 0 Å². The fourth-order valence-corrected chi connectivity index (χ4v) is 3.79. The van der Waals surface area contributed by atoms with Crippen LogP contribution in [0.4, 0.5) is 0 Å². The molecule has 2 aliphatic rings. The highest BCUT2D eigenvalue weighted by Gasteiger charge is 2.26. The predicted molar refractivity (Wildman–Crippen MR) is 89.4 cm³/mol. The van der Waals surface area contributed by atoms with E-state index in [2.05, 4.69) is 33.8 Å². The average Bonchev–Trinajstić information content (AvgIpc) is 3.13. The first-order valence-corrected chi connectivity index (χ1v) is 8.29. The molecule has 0 aromatic carbocycles. The molecule has 5 heteroatoms. The molecule has 1 saturated heterocycles. The number of piperidine rings is 1. The fourth-order valence-electron chi connectivity index (χ4n) is 3.79. The number of likely N-dealkylation sites (tertiary alicyclic amines) is 1. The Morgan fingerprint density at radius 3 is 2.65 bits per heavy atom. The molecular weight excluding hydrogens is 288 g/mol. The second kappa shape index (κ2) is 5.49. The minimum absolute atomic E-state index is 0.0820. The molecular formula is C18H22N4O. The van der Waals surface area contributed by atoms with Crippen molar-refractivity contribution in [1.29, 1.82) is 0 Å². The SMILES string of the molecule is CC(=O)n1ccc2c1CCn1ccnc1C2=C1CCN(C)CC1. The molecule has 0 unspecified atom stereocenters. The summed E-state index contributed by atoms with van der Waals surface area (Å²) in [6.45, 7) is 4.67. The molecule has 4 heterocycles. The molecule has 2 aromatic rings. The number of nitrogens with zero attached hydrogens (tertiary/aromatic N) is 4. The molecule has 1 fully saturated rings. The summed E-state index contributed by atoms with van der Waals surface area (Å²) in [4.78, 5) is 19.0. The summed E-state index contributed by atoms with van der Waals surface area (Å²) >= 11 is 0. The number of aryl methyl sites for hydroxylation is 1. The van der Waals surface area contributed by atoms with E-state index in [0.717, 1.165) is 50.4 Å². The van der Waals surface area contributed by atoms with Crippen LogP contribution in [-0.4, -0.2) is 45.1 Å². The summed E-state index contributed by atoms with van der Waals surface area (Å²) < 4.78 is 4.03. The Kier molecular flexibility index (Phi) is 3.45. The average molecular weight is 310 g/mol. The van der Waals surface area contributed by atoms with Gasteiger partial charge >= 0.3 is 0 Å². The van der Waals surface area contributed by atoms with Gasteiger partial charge in [-0.15, -0.1) is 0 Å². The van der Waals surface area contributed by atoms with E-state index in [9.17, 15) is 4.79 Å². The van der Waals surface area contributed by atoms with Gasteiger partial charge in [0.15, 0.2) is 0 Å². The van der Waals surface area contributed by atoms with Crippen molar-refractivity contribution < 1.29 is 4.79 Å². The van der Waals surface area contributed by atoms with E-state index in [4.69, 9.17) is 0 Å². The standard InChI is InChI=1S/C18H22N4O/c1-13(23)22-11-5-15-16(22)6-10-21-12-7-19-18(21)17(15)14-3-8-20(2)9-4-14/h5,7,11-12H,3-4,6,8-10H2,1-2H3. The first-order chi connectivity index (χ1) is 11.1. The van der Waals surface area contributed by atoms with E-state index in [1.165, 1.54) is 16.7 Å². The van der Waals surface area contributed by atoms with E-state index in [0.29, 0.717) is 0 Å². The number of aromatic nitrogens is 3. The molecule has 2 aliphatic heterocycles. The van der Waals surface area contributed by atoms with Gasteiger partial charge in [-0.25, -0.2) is 4.98 Å². The molecule has 2 aromatic heterocycles. The smallest absolute Gasteiger partial charge is 0.227 e. The number of rotatable bonds is 0. The molecule has 5 nitrogen and oxygen atoms in total. The quantitative estimate of drug-likeness (QED) is 0.750. The number of carbonyl (C=O) groups excluding carboxylic acids is 1. The molecule has 0 bridgehead atoms. The molecule has 0 saturated carbocycles. The van der Waals surface area contributed by atoms with Gasteiger partial charge in [0.25, 0.3) is 0 Å². The van der Waals surface area contributed by atoms with Crippen LogP contribution in [0.25, 0.3) is 5.57 Å². The summed E-state index contributed by atoms with van der Waals surface area (Å²) in [6.07, 6.45) is 8.86. The number of hydrogen-bond acceptors (Lipinski definition) is 3. The summed E-state index contributed by atoms with van der Waals surface area (Å²) in [5.74, 6) is 1.14. The number of hydrogen-bond donors (Lipinski definition) is 0. The molecule has 23 heavy (non-hydrogen) atoms. The Hall–Kier alpha value is -2.14. The lowest BCUT2D eigenvalue weighted by molar-refractivity contribution is 0.0933. The van der Waals surface area contributed by atoms with Crippen molar-refractivity contribution in [2.45, 2.75) is 32.7 Å². The maximum Gasteiger partial charge on any atom is 0.227 e. The molecule has 0 amide bonds. The first kappa shape index (κ1) is 14.5. The highest BCUT2D eigenvalue weighted by atomic mass is 16.1. The van der Waals surface area contributed by atoms with Crippen LogP contribution in [0.15, 0.2) is 30.2 Å². The van der Waals surface area contributed by atoms with Crippen molar-refractivity contribution in [2.75, 3.05) is 20.1 Å². The lowest BCUT2D eigenvalue weighted by Crippen LogP contribution is -2.27. The number of imidazole rings is 1. The van der Waals surface area contributed by atoms with Crippen molar-refractivity contribution in [3.8, 4) is 0 Å². The Morgan fingerprint density at radius 1 is 1.13 bits per heavy atom. The zero-order valence-corrected chi connectivity index (χ0v) is 13.7. The highest BCUT2D eigenvalue weighted by Crippen LogP contribution is 2.36. The molecule has 0 N–H and O–H groups in total. The summed E-state index contributed by atoms with van der Waals surface area (Å²) in [6, 6.07) is 2.10. The van der Waals surface area contributed by atoms with Gasteiger partial charge in [-0.2, -0.15) is 0 Å². The summed E-state index contributed by atoms with van der Waals surface area (Å²) in [5, 5.41) is 0. The third kappa shape index (κ3) is 2.36. The van der Waals surface area contributed by atoms with Crippen LogP contribution in [0, 0.1) is 0 Å². The van der Waals surface area contributed by atoms with Gasteiger partial charge in [-0.05, 0) is 26.0 Å². The van der Waals surface area contributed by atoms with Crippen LogP contribution in [0.1, 0.15) is 41.6 Å². The monoisotopic (exact) mass is 310 g/mol. The molecule has 0 atom stereocenters. The van der Waals surface area contributed by atoms with Gasteiger partial charge in [-0.1, -0.05) is 5.57 Å². The fraction of sp³-hybridized carbons (Fsp3) is 0.444. The second-order valence-corrected chi connectivity index (χ2v) is 6.54. The second-order valence-electron chi connectivity index (χ2n) is 6.54. The van der Waals surface area contributed by atoms with Gasteiger partial charge in [0.05, 0.1) is 0 Å². The predicted octanol–water partition coefficient (Wildman–Crippen LogP) is 2.43. The maximum atomic E-state index is 11.9. The topological polar surface area (TPSA) is 43.1 Å². The lowest BCUT2D eigenvalue weighted by atomic mass is 9.92. The van der Waals surface area contributed by atoms with Gasteiger partial charge in [0.2, 0.25) is 5.91 Å². The maximum absolute atomic E-state index is 11.9. The van der Waals surface area contributed by atoms with Crippen LogP contribution in [-0.2, 0) is 13.0 Å². The van der Waals surface area contributed by atoms with E-state index >= 15 is 0 Å². The number of carbonyl (C=O) groups is 1. The molecule has 0 aliphatic carbocycles. The van der Waals surface area contributed by atoms with Gasteiger partial charge in [-0.3, -0.25) is 9.36 Å². The van der Waals surface area contributed by atoms with Crippen molar-refractivity contribution >= 4 is 11.5 Å². The normalized spacial score (nSPS) is 18.5. The van der Waals surface area contributed by atoms with Gasteiger partial charge < -0.3 is 9.47 Å². The van der Waals surface area contributed by atoms with Gasteiger partial charge in [0.1, 0.15) is 5.82 Å². The van der Waals surface area contributed by atoms with Crippen LogP contribution in [0.2, 0.25) is 0 Å². The Morgan fingerprint density at radius 2 is 1.91 bits per heavy atom. The van der Waals surface area contributed by atoms with Crippen LogP contribution in [0.5, 0.6) is 0 Å². The van der Waals surface area contributed by atoms with Crippen LogP contribution < -0.4 is 0 Å². The largest absolute Gasteiger partial charge is 0.331 e. The minimum Gasteiger partial charge on any atom is -0.331 e. The van der Waals surface area contributed by atoms with E-state index < -0.39 is 0 Å². The summed E-state index contributed by atoms with van der Waals surface area (Å²) in [5.41, 5.74) is 5.06. The highest BCUT2D eigenvalue weighted by molar-refractivity contribution is 5.85. The molecule has 120 valence electrons. The Balaban J connectivity index is 1.91. The van der Waals surface area contributed by atoms with Crippen LogP contribution in [0.3, 0.4) is 0 Å². The third-order valence-corrected chi connectivity index (χ3v) is 5.07.